The van der Waals surface area contributed by atoms with Gasteiger partial charge in [0.15, 0.2) is 29.8 Å². The van der Waals surface area contributed by atoms with Gasteiger partial charge in [0.25, 0.3) is 0 Å². The van der Waals surface area contributed by atoms with E-state index in [-0.39, 0.29) is 17.0 Å². The summed E-state index contributed by atoms with van der Waals surface area (Å²) in [5, 5.41) is 10.9. The second-order valence-corrected chi connectivity index (χ2v) is 4.57. The Kier molecular flexibility index (Phi) is 4.45. The molecular weight excluding hydrogens is 296 g/mol. The molecule has 0 N–H and O–H groups in total. The number of nitro groups is 1. The van der Waals surface area contributed by atoms with Crippen LogP contribution < -0.4 is 4.74 Å². The molecular formula is C15H11F2NO4. The molecule has 0 heterocycles. The van der Waals surface area contributed by atoms with Gasteiger partial charge in [-0.05, 0) is 36.8 Å². The summed E-state index contributed by atoms with van der Waals surface area (Å²) in [4.78, 5) is 22.1. The molecule has 22 heavy (non-hydrogen) atoms. The number of nitrogens with zero attached hydrogens (tertiary/aromatic N) is 1. The van der Waals surface area contributed by atoms with E-state index >= 15 is 0 Å². The van der Waals surface area contributed by atoms with E-state index in [1.807, 2.05) is 0 Å². The number of nitro benzene ring substituents is 1. The van der Waals surface area contributed by atoms with Gasteiger partial charge in [0.2, 0.25) is 0 Å². The molecule has 0 saturated carbocycles. The molecule has 0 radical (unpaired) electrons. The molecule has 0 aliphatic rings. The van der Waals surface area contributed by atoms with Crippen LogP contribution in [0.1, 0.15) is 15.9 Å². The summed E-state index contributed by atoms with van der Waals surface area (Å²) in [6.45, 7) is 1.16. The van der Waals surface area contributed by atoms with Gasteiger partial charge in [-0.3, -0.25) is 14.9 Å². The number of halogens is 2. The van der Waals surface area contributed by atoms with E-state index in [1.54, 1.807) is 13.0 Å². The van der Waals surface area contributed by atoms with Gasteiger partial charge in [-0.2, -0.15) is 0 Å². The van der Waals surface area contributed by atoms with Crippen LogP contribution in [0.3, 0.4) is 0 Å². The molecule has 7 heteroatoms. The number of ether oxygens (including phenoxy) is 1. The molecule has 0 fully saturated rings. The van der Waals surface area contributed by atoms with Crippen LogP contribution in [0.4, 0.5) is 14.5 Å². The summed E-state index contributed by atoms with van der Waals surface area (Å²) in [5.74, 6) is -2.89. The molecule has 0 spiro atoms. The Morgan fingerprint density at radius 2 is 1.91 bits per heavy atom. The van der Waals surface area contributed by atoms with Crippen molar-refractivity contribution < 1.29 is 23.2 Å². The fraction of sp³-hybridized carbons (Fsp3) is 0.133. The van der Waals surface area contributed by atoms with Crippen molar-refractivity contribution in [2.75, 3.05) is 6.61 Å². The topological polar surface area (TPSA) is 69.4 Å². The maximum atomic E-state index is 13.1. The first-order valence-electron chi connectivity index (χ1n) is 6.24. The normalized spacial score (nSPS) is 10.3. The lowest BCUT2D eigenvalue weighted by Gasteiger charge is -2.07. The third-order valence-corrected chi connectivity index (χ3v) is 2.91. The number of hydrogen-bond acceptors (Lipinski definition) is 4. The minimum Gasteiger partial charge on any atom is -0.478 e. The molecule has 0 bridgehead atoms. The van der Waals surface area contributed by atoms with Gasteiger partial charge in [0, 0.05) is 11.6 Å². The van der Waals surface area contributed by atoms with Crippen molar-refractivity contribution in [3.05, 3.63) is 69.3 Å². The van der Waals surface area contributed by atoms with Crippen LogP contribution in [-0.2, 0) is 0 Å². The highest BCUT2D eigenvalue weighted by Gasteiger charge is 2.17. The molecule has 5 nitrogen and oxygen atoms in total. The molecule has 2 aromatic rings. The number of hydrogen-bond donors (Lipinski definition) is 0. The van der Waals surface area contributed by atoms with Crippen LogP contribution in [0.2, 0.25) is 0 Å². The molecule has 0 aromatic heterocycles. The molecule has 0 amide bonds. The number of benzene rings is 2. The summed E-state index contributed by atoms with van der Waals surface area (Å²) in [6, 6.07) is 7.00. The Bertz CT molecular complexity index is 746. The Balaban J connectivity index is 2.14. The first-order valence-corrected chi connectivity index (χ1v) is 6.24. The fourth-order valence-electron chi connectivity index (χ4n) is 1.79. The van der Waals surface area contributed by atoms with Gasteiger partial charge in [-0.25, -0.2) is 8.78 Å². The lowest BCUT2D eigenvalue weighted by atomic mass is 10.1. The molecule has 0 aliphatic heterocycles. The van der Waals surface area contributed by atoms with Crippen LogP contribution in [0.5, 0.6) is 5.75 Å². The second-order valence-electron chi connectivity index (χ2n) is 4.57. The van der Waals surface area contributed by atoms with E-state index in [9.17, 15) is 23.7 Å². The van der Waals surface area contributed by atoms with Gasteiger partial charge in [-0.15, -0.1) is 0 Å². The zero-order chi connectivity index (χ0) is 16.3. The van der Waals surface area contributed by atoms with E-state index in [0.29, 0.717) is 5.56 Å². The Hall–Kier alpha value is -2.83. The largest absolute Gasteiger partial charge is 0.478 e. The molecule has 0 unspecified atom stereocenters. The van der Waals surface area contributed by atoms with Gasteiger partial charge in [0.1, 0.15) is 0 Å². The third kappa shape index (κ3) is 3.43. The van der Waals surface area contributed by atoms with E-state index in [0.717, 1.165) is 18.2 Å². The molecule has 2 rings (SSSR count). The molecule has 0 aliphatic carbocycles. The fourth-order valence-corrected chi connectivity index (χ4v) is 1.79. The average molecular weight is 307 g/mol. The highest BCUT2D eigenvalue weighted by atomic mass is 19.2. The lowest BCUT2D eigenvalue weighted by molar-refractivity contribution is -0.385. The van der Waals surface area contributed by atoms with Crippen molar-refractivity contribution >= 4 is 11.5 Å². The first kappa shape index (κ1) is 15.6. The monoisotopic (exact) mass is 307 g/mol. The van der Waals surface area contributed by atoms with Crippen molar-refractivity contribution in [2.24, 2.45) is 0 Å². The highest BCUT2D eigenvalue weighted by molar-refractivity contribution is 5.97. The minimum absolute atomic E-state index is 0.0634. The van der Waals surface area contributed by atoms with Crippen molar-refractivity contribution in [2.45, 2.75) is 6.92 Å². The van der Waals surface area contributed by atoms with Gasteiger partial charge in [-0.1, -0.05) is 6.07 Å². The quantitative estimate of drug-likeness (QED) is 0.482. The van der Waals surface area contributed by atoms with Crippen LogP contribution >= 0.6 is 0 Å². The van der Waals surface area contributed by atoms with E-state index in [1.165, 1.54) is 12.1 Å². The minimum atomic E-state index is -1.15. The maximum absolute atomic E-state index is 13.1. The van der Waals surface area contributed by atoms with Crippen LogP contribution in [-0.4, -0.2) is 17.3 Å². The molecule has 2 aromatic carbocycles. The zero-order valence-corrected chi connectivity index (χ0v) is 11.5. The number of carbonyl (C=O) groups excluding carboxylic acids is 1. The predicted octanol–water partition coefficient (Wildman–Crippen LogP) is 3.44. The summed E-state index contributed by atoms with van der Waals surface area (Å²) in [5.41, 5.74) is 0.331. The number of Topliss-reactive ketones (excluding diaryl/α,β-unsaturated/α-hetero) is 1. The van der Waals surface area contributed by atoms with Crippen LogP contribution in [0, 0.1) is 28.7 Å². The van der Waals surface area contributed by atoms with Crippen molar-refractivity contribution in [1.29, 1.82) is 0 Å². The lowest BCUT2D eigenvalue weighted by Crippen LogP contribution is -2.13. The Labute approximate surface area is 124 Å². The van der Waals surface area contributed by atoms with E-state index in [2.05, 4.69) is 0 Å². The van der Waals surface area contributed by atoms with Gasteiger partial charge < -0.3 is 4.74 Å². The number of carbonyl (C=O) groups is 1. The Morgan fingerprint density at radius 3 is 2.55 bits per heavy atom. The van der Waals surface area contributed by atoms with Crippen molar-refractivity contribution in [3.63, 3.8) is 0 Å². The summed E-state index contributed by atoms with van der Waals surface area (Å²) in [7, 11) is 0. The third-order valence-electron chi connectivity index (χ3n) is 2.91. The van der Waals surface area contributed by atoms with Crippen molar-refractivity contribution in [1.82, 2.24) is 0 Å². The number of ketones is 1. The van der Waals surface area contributed by atoms with Crippen LogP contribution in [0.15, 0.2) is 36.4 Å². The van der Waals surface area contributed by atoms with E-state index < -0.39 is 28.9 Å². The summed E-state index contributed by atoms with van der Waals surface area (Å²) in [6.07, 6.45) is 0. The number of aryl methyl sites for hydroxylation is 1. The Morgan fingerprint density at radius 1 is 1.18 bits per heavy atom. The van der Waals surface area contributed by atoms with Crippen molar-refractivity contribution in [3.8, 4) is 5.75 Å². The summed E-state index contributed by atoms with van der Waals surface area (Å²) >= 11 is 0. The van der Waals surface area contributed by atoms with Crippen LogP contribution in [0.25, 0.3) is 0 Å². The van der Waals surface area contributed by atoms with Gasteiger partial charge >= 0.3 is 5.69 Å². The zero-order valence-electron chi connectivity index (χ0n) is 11.5. The smallest absolute Gasteiger partial charge is 0.311 e. The van der Waals surface area contributed by atoms with Gasteiger partial charge in [0.05, 0.1) is 4.92 Å². The molecule has 0 saturated heterocycles. The standard InChI is InChI=1S/C15H11F2NO4/c1-9-2-5-15(13(6-9)18(20)21)22-8-14(19)10-3-4-11(16)12(17)7-10/h2-7H,8H2,1H3. The molecule has 114 valence electrons. The predicted molar refractivity (Wildman–Crippen MR) is 74.0 cm³/mol. The SMILES string of the molecule is Cc1ccc(OCC(=O)c2ccc(F)c(F)c2)c([N+](=O)[O-])c1. The average Bonchev–Trinajstić information content (AvgIpc) is 2.48. The number of rotatable bonds is 5. The maximum Gasteiger partial charge on any atom is 0.311 e. The second kappa shape index (κ2) is 6.30. The summed E-state index contributed by atoms with van der Waals surface area (Å²) < 4.78 is 31.0. The molecule has 0 atom stereocenters. The highest BCUT2D eigenvalue weighted by Crippen LogP contribution is 2.27. The first-order chi connectivity index (χ1) is 10.4. The van der Waals surface area contributed by atoms with E-state index in [4.69, 9.17) is 4.74 Å².